The average Bonchev–Trinajstić information content (AvgIpc) is 2.50. The van der Waals surface area contributed by atoms with E-state index in [1.54, 1.807) is 18.2 Å². The van der Waals surface area contributed by atoms with E-state index in [9.17, 15) is 4.79 Å². The molecule has 0 aliphatic carbocycles. The molecule has 2 aromatic rings. The first-order valence-electron chi connectivity index (χ1n) is 7.01. The maximum absolute atomic E-state index is 12.6. The number of nitrogens with one attached hydrogen (secondary N) is 1. The van der Waals surface area contributed by atoms with Gasteiger partial charge in [0, 0.05) is 19.1 Å². The first kappa shape index (κ1) is 17.0. The zero-order chi connectivity index (χ0) is 17.1. The third-order valence-electron chi connectivity index (χ3n) is 3.30. The number of rotatable bonds is 4. The summed E-state index contributed by atoms with van der Waals surface area (Å²) in [4.78, 5) is 23.1. The Labute approximate surface area is 140 Å². The van der Waals surface area contributed by atoms with Gasteiger partial charge >= 0.3 is 0 Å². The highest BCUT2D eigenvalue weighted by Gasteiger charge is 2.17. The van der Waals surface area contributed by atoms with E-state index in [0.29, 0.717) is 39.4 Å². The highest BCUT2D eigenvalue weighted by atomic mass is 35.5. The molecule has 0 spiro atoms. The SMILES string of the molecule is COc1ccc(Cl)cc1C(=O)Nc1c(C)nc(N(C)C)nc1C. The van der Waals surface area contributed by atoms with Crippen molar-refractivity contribution in [1.82, 2.24) is 9.97 Å². The molecule has 1 heterocycles. The van der Waals surface area contributed by atoms with E-state index in [1.165, 1.54) is 7.11 Å². The van der Waals surface area contributed by atoms with Crippen molar-refractivity contribution in [2.75, 3.05) is 31.4 Å². The Morgan fingerprint density at radius 1 is 1.22 bits per heavy atom. The van der Waals surface area contributed by atoms with Crippen LogP contribution in [0.1, 0.15) is 21.7 Å². The van der Waals surface area contributed by atoms with Crippen molar-refractivity contribution in [3.63, 3.8) is 0 Å². The Kier molecular flexibility index (Phi) is 5.05. The zero-order valence-electron chi connectivity index (χ0n) is 13.8. The number of aromatic nitrogens is 2. The molecule has 0 radical (unpaired) electrons. The summed E-state index contributed by atoms with van der Waals surface area (Å²) in [6.07, 6.45) is 0. The maximum Gasteiger partial charge on any atom is 0.259 e. The van der Waals surface area contributed by atoms with Crippen LogP contribution in [-0.2, 0) is 0 Å². The van der Waals surface area contributed by atoms with Gasteiger partial charge in [-0.1, -0.05) is 11.6 Å². The summed E-state index contributed by atoms with van der Waals surface area (Å²) in [5, 5.41) is 3.30. The minimum atomic E-state index is -0.322. The predicted molar refractivity (Wildman–Crippen MR) is 91.8 cm³/mol. The molecule has 1 N–H and O–H groups in total. The zero-order valence-corrected chi connectivity index (χ0v) is 14.5. The summed E-state index contributed by atoms with van der Waals surface area (Å²) >= 11 is 5.97. The molecule has 6 nitrogen and oxygen atoms in total. The maximum atomic E-state index is 12.6. The lowest BCUT2D eigenvalue weighted by molar-refractivity contribution is 0.102. The minimum absolute atomic E-state index is 0.322. The van der Waals surface area contributed by atoms with E-state index >= 15 is 0 Å². The fraction of sp³-hybridized carbons (Fsp3) is 0.312. The van der Waals surface area contributed by atoms with Crippen molar-refractivity contribution >= 4 is 29.1 Å². The molecule has 0 atom stereocenters. The van der Waals surface area contributed by atoms with E-state index in [0.717, 1.165) is 0 Å². The van der Waals surface area contributed by atoms with Gasteiger partial charge in [-0.15, -0.1) is 0 Å². The fourth-order valence-electron chi connectivity index (χ4n) is 2.12. The molecule has 0 saturated heterocycles. The number of ether oxygens (including phenoxy) is 1. The number of halogens is 1. The molecule has 0 unspecified atom stereocenters. The van der Waals surface area contributed by atoms with Gasteiger partial charge in [-0.25, -0.2) is 9.97 Å². The molecule has 1 aromatic heterocycles. The first-order chi connectivity index (χ1) is 10.8. The van der Waals surface area contributed by atoms with Gasteiger partial charge in [-0.2, -0.15) is 0 Å². The molecule has 0 bridgehead atoms. The second-order valence-electron chi connectivity index (χ2n) is 5.26. The van der Waals surface area contributed by atoms with Crippen molar-refractivity contribution in [1.29, 1.82) is 0 Å². The Balaban J connectivity index is 2.36. The number of carbonyl (C=O) groups is 1. The molecule has 0 aliphatic rings. The van der Waals surface area contributed by atoms with Gasteiger partial charge < -0.3 is 15.0 Å². The Morgan fingerprint density at radius 3 is 2.35 bits per heavy atom. The van der Waals surface area contributed by atoms with Crippen LogP contribution in [0.25, 0.3) is 0 Å². The van der Waals surface area contributed by atoms with Gasteiger partial charge in [0.15, 0.2) is 0 Å². The van der Waals surface area contributed by atoms with Crippen LogP contribution in [0.4, 0.5) is 11.6 Å². The molecule has 1 aromatic carbocycles. The number of carbonyl (C=O) groups excluding carboxylic acids is 1. The molecular formula is C16H19ClN4O2. The van der Waals surface area contributed by atoms with E-state index in [1.807, 2.05) is 32.8 Å². The fourth-order valence-corrected chi connectivity index (χ4v) is 2.29. The smallest absolute Gasteiger partial charge is 0.259 e. The molecule has 0 saturated carbocycles. The summed E-state index contributed by atoms with van der Waals surface area (Å²) in [5.41, 5.74) is 2.32. The van der Waals surface area contributed by atoms with Crippen molar-refractivity contribution in [3.8, 4) is 5.75 Å². The summed E-state index contributed by atoms with van der Waals surface area (Å²) in [6.45, 7) is 3.65. The van der Waals surface area contributed by atoms with Gasteiger partial charge in [0.05, 0.1) is 29.7 Å². The lowest BCUT2D eigenvalue weighted by atomic mass is 10.1. The van der Waals surface area contributed by atoms with E-state index in [2.05, 4.69) is 15.3 Å². The quantitative estimate of drug-likeness (QED) is 0.930. The van der Waals surface area contributed by atoms with Crippen LogP contribution in [0.15, 0.2) is 18.2 Å². The normalized spacial score (nSPS) is 10.3. The molecule has 1 amide bonds. The number of anilines is 2. The number of aryl methyl sites for hydroxylation is 2. The predicted octanol–water partition coefficient (Wildman–Crippen LogP) is 3.07. The molecular weight excluding hydrogens is 316 g/mol. The van der Waals surface area contributed by atoms with E-state index < -0.39 is 0 Å². The van der Waals surface area contributed by atoms with Crippen LogP contribution >= 0.6 is 11.6 Å². The largest absolute Gasteiger partial charge is 0.496 e. The lowest BCUT2D eigenvalue weighted by Crippen LogP contribution is -2.19. The minimum Gasteiger partial charge on any atom is -0.496 e. The van der Waals surface area contributed by atoms with Crippen molar-refractivity contribution in [3.05, 3.63) is 40.2 Å². The molecule has 7 heteroatoms. The van der Waals surface area contributed by atoms with Crippen LogP contribution in [-0.4, -0.2) is 37.1 Å². The molecule has 2 rings (SSSR count). The second-order valence-corrected chi connectivity index (χ2v) is 5.70. The van der Waals surface area contributed by atoms with E-state index in [-0.39, 0.29) is 5.91 Å². The van der Waals surface area contributed by atoms with Crippen molar-refractivity contribution in [2.45, 2.75) is 13.8 Å². The second kappa shape index (κ2) is 6.83. The van der Waals surface area contributed by atoms with Gasteiger partial charge in [-0.3, -0.25) is 4.79 Å². The summed E-state index contributed by atoms with van der Waals surface area (Å²) < 4.78 is 5.21. The molecule has 122 valence electrons. The lowest BCUT2D eigenvalue weighted by Gasteiger charge is -2.16. The third-order valence-corrected chi connectivity index (χ3v) is 3.54. The summed E-state index contributed by atoms with van der Waals surface area (Å²) in [5.74, 6) is 0.725. The number of hydrogen-bond acceptors (Lipinski definition) is 5. The molecule has 0 aliphatic heterocycles. The van der Waals surface area contributed by atoms with Crippen LogP contribution in [0.2, 0.25) is 5.02 Å². The standard InChI is InChI=1S/C16H19ClN4O2/c1-9-14(10(2)19-16(18-9)21(3)4)20-15(22)12-8-11(17)6-7-13(12)23-5/h6-8H,1-5H3,(H,20,22). The Morgan fingerprint density at radius 2 is 1.83 bits per heavy atom. The summed E-state index contributed by atoms with van der Waals surface area (Å²) in [7, 11) is 5.23. The van der Waals surface area contributed by atoms with Gasteiger partial charge in [0.1, 0.15) is 5.75 Å². The number of methoxy groups -OCH3 is 1. The van der Waals surface area contributed by atoms with Crippen LogP contribution in [0.5, 0.6) is 5.75 Å². The van der Waals surface area contributed by atoms with Crippen LogP contribution in [0.3, 0.4) is 0 Å². The van der Waals surface area contributed by atoms with Crippen molar-refractivity contribution in [2.24, 2.45) is 0 Å². The van der Waals surface area contributed by atoms with Crippen LogP contribution in [0, 0.1) is 13.8 Å². The van der Waals surface area contributed by atoms with Crippen molar-refractivity contribution < 1.29 is 9.53 Å². The van der Waals surface area contributed by atoms with Gasteiger partial charge in [0.2, 0.25) is 5.95 Å². The molecule has 0 fully saturated rings. The number of hydrogen-bond donors (Lipinski definition) is 1. The molecule has 23 heavy (non-hydrogen) atoms. The van der Waals surface area contributed by atoms with Gasteiger partial charge in [-0.05, 0) is 32.0 Å². The highest BCUT2D eigenvalue weighted by molar-refractivity contribution is 6.31. The Hall–Kier alpha value is -2.34. The topological polar surface area (TPSA) is 67.3 Å². The monoisotopic (exact) mass is 334 g/mol. The highest BCUT2D eigenvalue weighted by Crippen LogP contribution is 2.25. The number of benzene rings is 1. The average molecular weight is 335 g/mol. The van der Waals surface area contributed by atoms with E-state index in [4.69, 9.17) is 16.3 Å². The first-order valence-corrected chi connectivity index (χ1v) is 7.38. The van der Waals surface area contributed by atoms with Gasteiger partial charge in [0.25, 0.3) is 5.91 Å². The summed E-state index contributed by atoms with van der Waals surface area (Å²) in [6, 6.07) is 4.89. The number of amides is 1. The van der Waals surface area contributed by atoms with Crippen LogP contribution < -0.4 is 15.0 Å². The Bertz CT molecular complexity index is 724. The third kappa shape index (κ3) is 3.71. The number of nitrogens with zero attached hydrogens (tertiary/aromatic N) is 3.